The Labute approximate surface area is 338 Å². The molecule has 3 aromatic carbocycles. The molecule has 6 rings (SSSR count). The maximum absolute atomic E-state index is 15.3. The van der Waals surface area contributed by atoms with Crippen LogP contribution >= 0.6 is 11.3 Å². The van der Waals surface area contributed by atoms with Crippen molar-refractivity contribution in [2.75, 3.05) is 36.4 Å². The molecule has 3 amide bonds. The zero-order chi connectivity index (χ0) is 41.5. The van der Waals surface area contributed by atoms with Crippen LogP contribution in [0.1, 0.15) is 71.0 Å². The zero-order valence-electron chi connectivity index (χ0n) is 32.6. The van der Waals surface area contributed by atoms with Gasteiger partial charge in [-0.1, -0.05) is 56.3 Å². The molecule has 1 fully saturated rings. The molecule has 14 nitrogen and oxygen atoms in total. The largest absolute Gasteiger partial charge is 0.477 e. The summed E-state index contributed by atoms with van der Waals surface area (Å²) < 4.78 is 27.9. The number of alkyl carbamates (subject to hydrolysis) is 1. The normalized spacial score (nSPS) is 13.9. The van der Waals surface area contributed by atoms with Gasteiger partial charge in [-0.2, -0.15) is 0 Å². The molecular weight excluding hydrogens is 768 g/mol. The number of aromatic carboxylic acids is 1. The number of pyridine rings is 1. The van der Waals surface area contributed by atoms with E-state index in [-0.39, 0.29) is 49.2 Å². The Hall–Kier alpha value is -6.29. The van der Waals surface area contributed by atoms with E-state index in [4.69, 9.17) is 9.47 Å². The Kier molecular flexibility index (Phi) is 13.1. The number of nitrogens with one attached hydrogen (secondary N) is 2. The van der Waals surface area contributed by atoms with Gasteiger partial charge in [0.1, 0.15) is 29.6 Å². The summed E-state index contributed by atoms with van der Waals surface area (Å²) in [4.78, 5) is 71.6. The second-order valence-electron chi connectivity index (χ2n) is 14.2. The number of benzene rings is 3. The van der Waals surface area contributed by atoms with Gasteiger partial charge in [0.15, 0.2) is 0 Å². The Morgan fingerprint density at radius 2 is 1.60 bits per heavy atom. The van der Waals surface area contributed by atoms with Crippen LogP contribution < -0.4 is 21.0 Å². The van der Waals surface area contributed by atoms with E-state index in [9.17, 15) is 29.1 Å². The van der Waals surface area contributed by atoms with Crippen molar-refractivity contribution in [3.8, 4) is 0 Å². The number of hydrogen-bond donors (Lipinski definition) is 3. The first-order chi connectivity index (χ1) is 27.8. The lowest BCUT2D eigenvalue weighted by Gasteiger charge is -2.35. The lowest BCUT2D eigenvalue weighted by atomic mass is 10.1. The molecule has 1 saturated heterocycles. The fourth-order valence-corrected chi connectivity index (χ4v) is 7.73. The summed E-state index contributed by atoms with van der Waals surface area (Å²) >= 11 is 1.36. The second kappa shape index (κ2) is 18.3. The monoisotopic (exact) mass is 812 g/mol. The number of halogens is 1. The molecule has 1 aliphatic rings. The van der Waals surface area contributed by atoms with Gasteiger partial charge in [-0.15, -0.1) is 11.3 Å². The number of aryl methyl sites for hydroxylation is 1. The van der Waals surface area contributed by atoms with Crippen LogP contribution in [0.5, 0.6) is 0 Å². The number of anilines is 2. The first kappa shape index (κ1) is 41.3. The molecule has 0 saturated carbocycles. The molecule has 304 valence electrons. The lowest BCUT2D eigenvalue weighted by molar-refractivity contribution is -0.117. The minimum Gasteiger partial charge on any atom is -0.477 e. The third-order valence-corrected chi connectivity index (χ3v) is 11.2. The number of carbonyl (C=O) groups excluding carboxylic acids is 3. The van der Waals surface area contributed by atoms with Gasteiger partial charge < -0.3 is 39.6 Å². The van der Waals surface area contributed by atoms with Crippen molar-refractivity contribution in [2.45, 2.75) is 59.4 Å². The van der Waals surface area contributed by atoms with Crippen LogP contribution in [0.25, 0.3) is 10.9 Å². The Bertz CT molecular complexity index is 2340. The second-order valence-corrected chi connectivity index (χ2v) is 15.3. The maximum Gasteiger partial charge on any atom is 0.410 e. The molecule has 2 aromatic heterocycles. The average molecular weight is 813 g/mol. The molecule has 16 heteroatoms. The van der Waals surface area contributed by atoms with Crippen LogP contribution in [-0.2, 0) is 34.0 Å². The molecule has 1 aliphatic heterocycles. The van der Waals surface area contributed by atoms with Gasteiger partial charge in [-0.05, 0) is 55.2 Å². The van der Waals surface area contributed by atoms with Gasteiger partial charge in [-0.25, -0.2) is 23.8 Å². The summed E-state index contributed by atoms with van der Waals surface area (Å²) in [6, 6.07) is 18.6. The highest BCUT2D eigenvalue weighted by Gasteiger charge is 2.27. The Morgan fingerprint density at radius 3 is 2.26 bits per heavy atom. The molecule has 5 aromatic rings. The number of rotatable bonds is 13. The third kappa shape index (κ3) is 9.62. The van der Waals surface area contributed by atoms with E-state index in [0.29, 0.717) is 41.4 Å². The zero-order valence-corrected chi connectivity index (χ0v) is 33.4. The molecule has 58 heavy (non-hydrogen) atoms. The number of ether oxygens (including phenoxy) is 2. The molecule has 2 atom stereocenters. The fourth-order valence-electron chi connectivity index (χ4n) is 6.54. The first-order valence-corrected chi connectivity index (χ1v) is 19.7. The van der Waals surface area contributed by atoms with Crippen molar-refractivity contribution in [3.05, 3.63) is 122 Å². The maximum atomic E-state index is 15.3. The average Bonchev–Trinajstić information content (AvgIpc) is 3.71. The number of aromatic nitrogens is 2. The molecule has 0 aliphatic carbocycles. The van der Waals surface area contributed by atoms with Gasteiger partial charge in [0.25, 0.3) is 0 Å². The molecule has 0 unspecified atom stereocenters. The smallest absolute Gasteiger partial charge is 0.410 e. The molecule has 3 heterocycles. The van der Waals surface area contributed by atoms with Crippen molar-refractivity contribution in [2.24, 2.45) is 5.92 Å². The quantitative estimate of drug-likeness (QED) is 0.111. The van der Waals surface area contributed by atoms with E-state index in [1.54, 1.807) is 59.8 Å². The Balaban J connectivity index is 0.975. The summed E-state index contributed by atoms with van der Waals surface area (Å²) in [6.07, 6.45) is 1.85. The number of fused-ring (bicyclic) bond motifs is 1. The number of carbonyl (C=O) groups is 4. The molecule has 0 radical (unpaired) electrons. The number of amides is 3. The lowest BCUT2D eigenvalue weighted by Crippen LogP contribution is -2.49. The van der Waals surface area contributed by atoms with Crippen molar-refractivity contribution in [1.82, 2.24) is 19.8 Å². The standard InChI is InChI=1S/C42H45FN6O8S/c1-5-47-22-31(40(52)53)37(50)30-19-32(43)34(20-33(30)47)48-15-17-49(18-16-48)42(55)57-24-28-11-13-29(14-12-28)45-38(51)26(4)35-21-44-39(58-35)36(25(2)3)46-41(54)56-23-27-9-7-6-8-10-27/h6-14,19-22,25-26,36H,5,15-18,23-24H2,1-4H3,(H,45,51)(H,46,54)(H,52,53)/t26-,36-/m0/s1. The van der Waals surface area contributed by atoms with Gasteiger partial charge in [-0.3, -0.25) is 9.59 Å². The SMILES string of the molecule is CCn1cc(C(=O)O)c(=O)c2cc(F)c(N3CCN(C(=O)OCc4ccc(NC(=O)[C@@H](C)c5cnc([C@@H](NC(=O)OCc6ccccc6)C(C)C)s5)cc4)CC3)cc21. The van der Waals surface area contributed by atoms with E-state index >= 15 is 4.39 Å². The van der Waals surface area contributed by atoms with Crippen LogP contribution in [0.3, 0.4) is 0 Å². The molecular formula is C42H45FN6O8S. The summed E-state index contributed by atoms with van der Waals surface area (Å²) in [6.45, 7) is 9.24. The number of hydrogen-bond acceptors (Lipinski definition) is 10. The van der Waals surface area contributed by atoms with Crippen LogP contribution in [0.4, 0.5) is 25.4 Å². The van der Waals surface area contributed by atoms with E-state index < -0.39 is 46.9 Å². The molecule has 0 spiro atoms. The van der Waals surface area contributed by atoms with Crippen molar-refractivity contribution >= 4 is 57.7 Å². The number of thiazole rings is 1. The summed E-state index contributed by atoms with van der Waals surface area (Å²) in [5.74, 6) is -2.76. The highest BCUT2D eigenvalue weighted by Crippen LogP contribution is 2.31. The summed E-state index contributed by atoms with van der Waals surface area (Å²) in [5, 5.41) is 15.9. The van der Waals surface area contributed by atoms with Gasteiger partial charge >= 0.3 is 18.2 Å². The van der Waals surface area contributed by atoms with Gasteiger partial charge in [0.2, 0.25) is 11.3 Å². The predicted molar refractivity (Wildman–Crippen MR) is 218 cm³/mol. The Morgan fingerprint density at radius 1 is 0.931 bits per heavy atom. The number of carboxylic acids is 1. The highest BCUT2D eigenvalue weighted by molar-refractivity contribution is 7.11. The van der Waals surface area contributed by atoms with E-state index in [0.717, 1.165) is 16.5 Å². The third-order valence-electron chi connectivity index (χ3n) is 9.96. The van der Waals surface area contributed by atoms with Crippen molar-refractivity contribution < 1.29 is 38.1 Å². The van der Waals surface area contributed by atoms with Crippen molar-refractivity contribution in [3.63, 3.8) is 0 Å². The van der Waals surface area contributed by atoms with Crippen LogP contribution in [-0.4, -0.2) is 69.8 Å². The summed E-state index contributed by atoms with van der Waals surface area (Å²) in [5.41, 5.74) is 1.68. The topological polar surface area (TPSA) is 172 Å². The van der Waals surface area contributed by atoms with E-state index in [1.165, 1.54) is 22.4 Å². The van der Waals surface area contributed by atoms with Gasteiger partial charge in [0.05, 0.1) is 23.2 Å². The number of nitrogens with zero attached hydrogens (tertiary/aromatic N) is 4. The van der Waals surface area contributed by atoms with Crippen LogP contribution in [0.2, 0.25) is 0 Å². The minimum atomic E-state index is -1.37. The summed E-state index contributed by atoms with van der Waals surface area (Å²) in [7, 11) is 0. The van der Waals surface area contributed by atoms with Crippen LogP contribution in [0, 0.1) is 11.7 Å². The minimum absolute atomic E-state index is 0.00432. The van der Waals surface area contributed by atoms with Crippen LogP contribution in [0.15, 0.2) is 83.9 Å². The molecule has 0 bridgehead atoms. The predicted octanol–water partition coefficient (Wildman–Crippen LogP) is 7.14. The number of piperazine rings is 1. The van der Waals surface area contributed by atoms with Gasteiger partial charge in [0, 0.05) is 61.1 Å². The van der Waals surface area contributed by atoms with E-state index in [1.807, 2.05) is 44.2 Å². The fraction of sp³-hybridized carbons (Fsp3) is 0.333. The van der Waals surface area contributed by atoms with E-state index in [2.05, 4.69) is 15.6 Å². The highest BCUT2D eigenvalue weighted by atomic mass is 32.1. The number of carboxylic acid groups (broad SMARTS) is 1. The first-order valence-electron chi connectivity index (χ1n) is 18.9. The molecule has 3 N–H and O–H groups in total. The van der Waals surface area contributed by atoms with Crippen molar-refractivity contribution in [1.29, 1.82) is 0 Å².